The minimum absolute atomic E-state index is 0.0156. The van der Waals surface area contributed by atoms with Crippen LogP contribution < -0.4 is 15.0 Å². The van der Waals surface area contributed by atoms with Crippen molar-refractivity contribution in [3.8, 4) is 5.75 Å². The van der Waals surface area contributed by atoms with Gasteiger partial charge in [-0.2, -0.15) is 11.3 Å². The topological polar surface area (TPSA) is 63.1 Å². The molecule has 1 atom stereocenters. The van der Waals surface area contributed by atoms with Crippen LogP contribution in [0.4, 0.5) is 5.69 Å². The van der Waals surface area contributed by atoms with Crippen molar-refractivity contribution < 1.29 is 19.2 Å². The van der Waals surface area contributed by atoms with Gasteiger partial charge in [0.1, 0.15) is 12.3 Å². The first-order valence-corrected chi connectivity index (χ1v) is 8.92. The average Bonchev–Trinajstić information content (AvgIpc) is 3.07. The van der Waals surface area contributed by atoms with Gasteiger partial charge in [0, 0.05) is 24.4 Å². The molecule has 0 spiro atoms. The lowest BCUT2D eigenvalue weighted by atomic mass is 10.3. The molecule has 2 aromatic rings. The maximum absolute atomic E-state index is 12.3. The molecule has 2 amide bonds. The molecule has 0 radical (unpaired) electrons. The van der Waals surface area contributed by atoms with E-state index >= 15 is 0 Å². The second kappa shape index (κ2) is 9.19. The Bertz CT molecular complexity index is 703. The van der Waals surface area contributed by atoms with Gasteiger partial charge in [-0.1, -0.05) is 6.07 Å². The summed E-state index contributed by atoms with van der Waals surface area (Å²) < 4.78 is 5.12. The van der Waals surface area contributed by atoms with Crippen molar-refractivity contribution in [2.75, 3.05) is 39.6 Å². The molecule has 6 nitrogen and oxygen atoms in total. The monoisotopic (exact) mass is 362 g/mol. The van der Waals surface area contributed by atoms with Gasteiger partial charge in [0.2, 0.25) is 5.91 Å². The van der Waals surface area contributed by atoms with Gasteiger partial charge in [0.25, 0.3) is 5.91 Å². The Morgan fingerprint density at radius 2 is 2.12 bits per heavy atom. The highest BCUT2D eigenvalue weighted by Gasteiger charge is 2.17. The number of quaternary nitrogens is 1. The lowest BCUT2D eigenvalue weighted by molar-refractivity contribution is -0.885. The van der Waals surface area contributed by atoms with E-state index in [-0.39, 0.29) is 18.4 Å². The second-order valence-corrected chi connectivity index (χ2v) is 6.75. The van der Waals surface area contributed by atoms with Crippen LogP contribution in [0.3, 0.4) is 0 Å². The van der Waals surface area contributed by atoms with E-state index < -0.39 is 0 Å². The Morgan fingerprint density at radius 1 is 1.32 bits per heavy atom. The number of hydrogen-bond donors (Lipinski definition) is 2. The highest BCUT2D eigenvalue weighted by Crippen LogP contribution is 2.16. The summed E-state index contributed by atoms with van der Waals surface area (Å²) in [6.45, 7) is 1.15. The van der Waals surface area contributed by atoms with Crippen molar-refractivity contribution in [1.29, 1.82) is 0 Å². The van der Waals surface area contributed by atoms with Crippen LogP contribution in [0.5, 0.6) is 5.75 Å². The second-order valence-electron chi connectivity index (χ2n) is 5.97. The molecule has 2 rings (SSSR count). The Morgan fingerprint density at radius 3 is 2.80 bits per heavy atom. The number of nitrogens with one attached hydrogen (secondary N) is 2. The zero-order chi connectivity index (χ0) is 18.2. The van der Waals surface area contributed by atoms with Crippen LogP contribution in [0.15, 0.2) is 41.1 Å². The fourth-order valence-electron chi connectivity index (χ4n) is 2.40. The van der Waals surface area contributed by atoms with Gasteiger partial charge in [-0.25, -0.2) is 0 Å². The molecule has 134 valence electrons. The lowest BCUT2D eigenvalue weighted by Gasteiger charge is -2.19. The first-order chi connectivity index (χ1) is 12.0. The number of carbonyl (C=O) groups is 2. The Kier molecular flexibility index (Phi) is 6.97. The number of benzene rings is 1. The van der Waals surface area contributed by atoms with Crippen molar-refractivity contribution in [1.82, 2.24) is 4.90 Å². The van der Waals surface area contributed by atoms with Crippen LogP contribution >= 0.6 is 11.3 Å². The molecular formula is C18H24N3O3S+. The van der Waals surface area contributed by atoms with Crippen LogP contribution in [0.1, 0.15) is 5.56 Å². The van der Waals surface area contributed by atoms with E-state index in [4.69, 9.17) is 4.74 Å². The average molecular weight is 362 g/mol. The van der Waals surface area contributed by atoms with Crippen LogP contribution in [0.25, 0.3) is 0 Å². The number of hydrogen-bond acceptors (Lipinski definition) is 4. The van der Waals surface area contributed by atoms with E-state index in [1.54, 1.807) is 49.8 Å². The Labute approximate surface area is 152 Å². The predicted molar refractivity (Wildman–Crippen MR) is 99.0 cm³/mol. The fraction of sp³-hybridized carbons (Fsp3) is 0.333. The van der Waals surface area contributed by atoms with Gasteiger partial charge in [0.15, 0.2) is 6.54 Å². The number of thiophene rings is 1. The van der Waals surface area contributed by atoms with E-state index in [1.165, 1.54) is 10.5 Å². The molecule has 2 N–H and O–H groups in total. The van der Waals surface area contributed by atoms with Gasteiger partial charge >= 0.3 is 0 Å². The molecule has 0 fully saturated rings. The van der Waals surface area contributed by atoms with Gasteiger partial charge in [-0.15, -0.1) is 0 Å². The number of carbonyl (C=O) groups excluding carboxylic acids is 2. The third kappa shape index (κ3) is 6.21. The molecule has 1 aromatic carbocycles. The maximum atomic E-state index is 12.3. The molecule has 0 aliphatic rings. The summed E-state index contributed by atoms with van der Waals surface area (Å²) in [4.78, 5) is 26.9. The fourth-order valence-corrected chi connectivity index (χ4v) is 3.07. The number of nitrogens with zero attached hydrogens (tertiary/aromatic N) is 1. The number of rotatable bonds is 8. The van der Waals surface area contributed by atoms with E-state index in [1.807, 2.05) is 12.4 Å². The summed E-state index contributed by atoms with van der Waals surface area (Å²) >= 11 is 1.65. The number of ether oxygens (including phenoxy) is 1. The van der Waals surface area contributed by atoms with Gasteiger partial charge in [-0.05, 0) is 29.0 Å². The number of amides is 2. The quantitative estimate of drug-likeness (QED) is 0.732. The van der Waals surface area contributed by atoms with Crippen molar-refractivity contribution in [3.63, 3.8) is 0 Å². The van der Waals surface area contributed by atoms with Crippen molar-refractivity contribution >= 4 is 28.8 Å². The van der Waals surface area contributed by atoms with E-state index in [0.717, 1.165) is 11.4 Å². The third-order valence-corrected chi connectivity index (χ3v) is 4.43. The van der Waals surface area contributed by atoms with Crippen LogP contribution in [-0.4, -0.2) is 51.0 Å². The van der Waals surface area contributed by atoms with E-state index in [0.29, 0.717) is 18.0 Å². The minimum Gasteiger partial charge on any atom is -0.497 e. The van der Waals surface area contributed by atoms with Gasteiger partial charge in [0.05, 0.1) is 20.7 Å². The van der Waals surface area contributed by atoms with E-state index in [9.17, 15) is 9.59 Å². The summed E-state index contributed by atoms with van der Waals surface area (Å²) in [6.07, 6.45) is 0. The SMILES string of the molecule is COc1cccc(NC(=O)CN(C)C(=O)C[NH+](C)Cc2ccsc2)c1. The zero-order valence-electron chi connectivity index (χ0n) is 14.7. The highest BCUT2D eigenvalue weighted by atomic mass is 32.1. The van der Waals surface area contributed by atoms with E-state index in [2.05, 4.69) is 16.8 Å². The molecule has 1 aromatic heterocycles. The summed E-state index contributed by atoms with van der Waals surface area (Å²) in [6, 6.07) is 9.17. The Balaban J connectivity index is 1.80. The molecule has 0 saturated heterocycles. The van der Waals surface area contributed by atoms with Crippen LogP contribution in [0, 0.1) is 0 Å². The summed E-state index contributed by atoms with van der Waals surface area (Å²) in [5, 5.41) is 6.88. The lowest BCUT2D eigenvalue weighted by Crippen LogP contribution is -3.08. The van der Waals surface area contributed by atoms with Crippen LogP contribution in [0.2, 0.25) is 0 Å². The number of likely N-dealkylation sites (N-methyl/N-ethyl adjacent to an activating group) is 2. The van der Waals surface area contributed by atoms with Crippen LogP contribution in [-0.2, 0) is 16.1 Å². The standard InChI is InChI=1S/C18H23N3O3S/c1-20(10-14-7-8-25-13-14)12-18(23)21(2)11-17(22)19-15-5-4-6-16(9-15)24-3/h4-9,13H,10-12H2,1-3H3,(H,19,22)/p+1. The molecule has 1 unspecified atom stereocenters. The van der Waals surface area contributed by atoms with Crippen molar-refractivity contribution in [2.45, 2.75) is 6.54 Å². The first kappa shape index (κ1) is 19.0. The summed E-state index contributed by atoms with van der Waals surface area (Å²) in [5.74, 6) is 0.369. The zero-order valence-corrected chi connectivity index (χ0v) is 15.6. The van der Waals surface area contributed by atoms with Crippen molar-refractivity contribution in [3.05, 3.63) is 46.7 Å². The largest absolute Gasteiger partial charge is 0.497 e. The van der Waals surface area contributed by atoms with Crippen molar-refractivity contribution in [2.24, 2.45) is 0 Å². The smallest absolute Gasteiger partial charge is 0.277 e. The first-order valence-electron chi connectivity index (χ1n) is 7.98. The Hall–Kier alpha value is -2.38. The molecular weight excluding hydrogens is 338 g/mol. The normalized spacial score (nSPS) is 11.6. The molecule has 0 aliphatic carbocycles. The highest BCUT2D eigenvalue weighted by molar-refractivity contribution is 7.07. The minimum atomic E-state index is -0.236. The maximum Gasteiger partial charge on any atom is 0.277 e. The number of anilines is 1. The summed E-state index contributed by atoms with van der Waals surface area (Å²) in [5.41, 5.74) is 1.86. The molecule has 0 aliphatic heterocycles. The molecule has 0 bridgehead atoms. The molecule has 25 heavy (non-hydrogen) atoms. The molecule has 1 heterocycles. The number of methoxy groups -OCH3 is 1. The van der Waals surface area contributed by atoms with Gasteiger partial charge in [-0.3, -0.25) is 9.59 Å². The van der Waals surface area contributed by atoms with Gasteiger partial charge < -0.3 is 19.9 Å². The summed E-state index contributed by atoms with van der Waals surface area (Å²) in [7, 11) is 5.19. The molecule has 7 heteroatoms. The predicted octanol–water partition coefficient (Wildman–Crippen LogP) is 0.869. The third-order valence-electron chi connectivity index (χ3n) is 3.70. The molecule has 0 saturated carbocycles.